The van der Waals surface area contributed by atoms with Gasteiger partial charge in [0.05, 0.1) is 6.54 Å². The lowest BCUT2D eigenvalue weighted by Gasteiger charge is -2.05. The Morgan fingerprint density at radius 2 is 1.11 bits per heavy atom. The molecule has 0 aliphatic carbocycles. The summed E-state index contributed by atoms with van der Waals surface area (Å²) >= 11 is 0. The Morgan fingerprint density at radius 3 is 1.39 bits per heavy atom. The Labute approximate surface area is 229 Å². The van der Waals surface area contributed by atoms with Crippen molar-refractivity contribution < 1.29 is 25.2 Å². The molecule has 0 aliphatic rings. The number of nitrogens with two attached hydrogens (primary N) is 1. The van der Waals surface area contributed by atoms with Crippen molar-refractivity contribution in [2.24, 2.45) is 5.73 Å². The maximum absolute atomic E-state index is 9.97. The molecule has 0 radical (unpaired) electrons. The average molecular weight is 526 g/mol. The number of carboxylic acid groups (broad SMARTS) is 1. The molecule has 0 spiro atoms. The van der Waals surface area contributed by atoms with Gasteiger partial charge in [0.1, 0.15) is 6.09 Å². The van der Waals surface area contributed by atoms with Gasteiger partial charge in [-0.05, 0) is 36.1 Å². The van der Waals surface area contributed by atoms with Crippen LogP contribution in [0.1, 0.15) is 38.0 Å². The van der Waals surface area contributed by atoms with Gasteiger partial charge in [-0.15, -0.1) is 13.2 Å². The summed E-state index contributed by atoms with van der Waals surface area (Å²) in [6.45, 7) is 12.1. The smallest absolute Gasteiger partial charge is 0.373 e. The topological polar surface area (TPSA) is 140 Å². The van der Waals surface area contributed by atoms with Crippen molar-refractivity contribution in [2.75, 3.05) is 19.6 Å². The van der Waals surface area contributed by atoms with Crippen LogP contribution in [0.4, 0.5) is 4.79 Å². The van der Waals surface area contributed by atoms with E-state index >= 15 is 0 Å². The highest BCUT2D eigenvalue weighted by atomic mass is 16.4. The first kappa shape index (κ1) is 41.1. The van der Waals surface area contributed by atoms with E-state index in [4.69, 9.17) is 15.3 Å². The van der Waals surface area contributed by atoms with Gasteiger partial charge in [0.2, 0.25) is 0 Å². The first-order valence-electron chi connectivity index (χ1n) is 12.1. The summed E-state index contributed by atoms with van der Waals surface area (Å²) in [6.07, 6.45) is 1.82. The molecule has 6 N–H and O–H groups in total. The predicted molar refractivity (Wildman–Crippen MR) is 155 cm³/mol. The quantitative estimate of drug-likeness (QED) is 0.404. The van der Waals surface area contributed by atoms with E-state index in [1.807, 2.05) is 68.4 Å². The number of carbonyl (C=O) groups excluding carboxylic acids is 3. The summed E-state index contributed by atoms with van der Waals surface area (Å²) < 4.78 is 0. The molecule has 3 rings (SSSR count). The molecule has 0 unspecified atom stereocenters. The van der Waals surface area contributed by atoms with Crippen LogP contribution in [0.15, 0.2) is 104 Å². The van der Waals surface area contributed by atoms with Gasteiger partial charge < -0.3 is 26.7 Å². The van der Waals surface area contributed by atoms with Crippen molar-refractivity contribution in [2.45, 2.75) is 40.5 Å². The van der Waals surface area contributed by atoms with Gasteiger partial charge in [-0.2, -0.15) is 9.59 Å². The number of rotatable bonds is 7. The van der Waals surface area contributed by atoms with Crippen molar-refractivity contribution in [3.05, 3.63) is 121 Å². The Morgan fingerprint density at radius 1 is 0.789 bits per heavy atom. The lowest BCUT2D eigenvalue weighted by atomic mass is 10.1. The molecule has 0 bridgehead atoms. The highest BCUT2D eigenvalue weighted by Gasteiger charge is 1.90. The molecule has 0 atom stereocenters. The van der Waals surface area contributed by atoms with E-state index in [1.165, 1.54) is 11.1 Å². The normalized spacial score (nSPS) is 7.89. The number of amides is 1. The molecule has 0 aromatic heterocycles. The maximum atomic E-state index is 9.97. The number of hydrogen-bond acceptors (Lipinski definition) is 5. The summed E-state index contributed by atoms with van der Waals surface area (Å²) in [5.41, 5.74) is 13.0. The first-order valence-corrected chi connectivity index (χ1v) is 12.1. The zero-order valence-electron chi connectivity index (χ0n) is 22.2. The number of nitrogens with one attached hydrogen (secondary N) is 1. The zero-order chi connectivity index (χ0) is 28.6. The second kappa shape index (κ2) is 35.1. The Kier molecular flexibility index (Phi) is 38.0. The minimum Gasteiger partial charge on any atom is -0.530 e. The highest BCUT2D eigenvalue weighted by Crippen LogP contribution is 1.98. The summed E-state index contributed by atoms with van der Waals surface area (Å²) in [5.74, 6) is 0. The Bertz CT molecular complexity index is 845. The second-order valence-corrected chi connectivity index (χ2v) is 6.65. The molecule has 38 heavy (non-hydrogen) atoms. The molecule has 3 aromatic carbocycles. The fraction of sp³-hybridized carbons (Fsp3) is 0.290. The van der Waals surface area contributed by atoms with Crippen LogP contribution in [0.25, 0.3) is 0 Å². The van der Waals surface area contributed by atoms with Gasteiger partial charge in [-0.25, -0.2) is 0 Å². The van der Waals surface area contributed by atoms with Gasteiger partial charge in [0.15, 0.2) is 0 Å². The average Bonchev–Trinajstić information content (AvgIpc) is 2.94. The minimum absolute atomic E-state index is 0. The number of quaternary nitrogens is 1. The Balaban J connectivity index is -0.000000203. The van der Waals surface area contributed by atoms with Gasteiger partial charge in [0.25, 0.3) is 0 Å². The molecular weight excluding hydrogens is 478 g/mol. The third-order valence-electron chi connectivity index (χ3n) is 4.11. The molecular formula is C31H47N3O4. The summed E-state index contributed by atoms with van der Waals surface area (Å²) in [7, 11) is 0. The van der Waals surface area contributed by atoms with Crippen molar-refractivity contribution >= 4 is 12.2 Å². The lowest BCUT2D eigenvalue weighted by Crippen LogP contribution is -2.51. The van der Waals surface area contributed by atoms with Gasteiger partial charge >= 0.3 is 6.15 Å². The molecule has 1 amide bonds. The zero-order valence-corrected chi connectivity index (χ0v) is 22.2. The van der Waals surface area contributed by atoms with Crippen molar-refractivity contribution in [3.63, 3.8) is 0 Å². The maximum Gasteiger partial charge on any atom is 0.373 e. The molecule has 0 heterocycles. The van der Waals surface area contributed by atoms with E-state index < -0.39 is 6.09 Å². The molecule has 3 aromatic rings. The van der Waals surface area contributed by atoms with Crippen LogP contribution in [-0.2, 0) is 28.9 Å². The van der Waals surface area contributed by atoms with Crippen molar-refractivity contribution in [1.82, 2.24) is 5.32 Å². The predicted octanol–water partition coefficient (Wildman–Crippen LogP) is 3.70. The number of carbonyl (C=O) groups is 1. The minimum atomic E-state index is -1.22. The van der Waals surface area contributed by atoms with Crippen LogP contribution < -0.4 is 21.9 Å². The second-order valence-electron chi connectivity index (χ2n) is 6.65. The van der Waals surface area contributed by atoms with E-state index in [-0.39, 0.29) is 13.6 Å². The van der Waals surface area contributed by atoms with E-state index in [1.54, 1.807) is 0 Å². The van der Waals surface area contributed by atoms with E-state index in [2.05, 4.69) is 60.6 Å². The molecule has 7 nitrogen and oxygen atoms in total. The van der Waals surface area contributed by atoms with Crippen molar-refractivity contribution in [1.29, 1.82) is 0 Å². The van der Waals surface area contributed by atoms with Crippen LogP contribution in [0.5, 0.6) is 0 Å². The van der Waals surface area contributed by atoms with Crippen LogP contribution in [0, 0.1) is 0 Å². The lowest BCUT2D eigenvalue weighted by molar-refractivity contribution is -0.366. The van der Waals surface area contributed by atoms with Gasteiger partial charge in [0, 0.05) is 13.0 Å². The van der Waals surface area contributed by atoms with Gasteiger partial charge in [-0.1, -0.05) is 112 Å². The number of benzene rings is 3. The van der Waals surface area contributed by atoms with E-state index in [0.717, 1.165) is 31.5 Å². The van der Waals surface area contributed by atoms with E-state index in [0.29, 0.717) is 13.0 Å². The number of hydrogen-bond donors (Lipinski definition) is 3. The summed E-state index contributed by atoms with van der Waals surface area (Å²) in [5, 5.41) is 12.2. The van der Waals surface area contributed by atoms with Crippen molar-refractivity contribution in [3.8, 4) is 0 Å². The fourth-order valence-electron chi connectivity index (χ4n) is 2.61. The van der Waals surface area contributed by atoms with Crippen LogP contribution in [0.2, 0.25) is 0 Å². The largest absolute Gasteiger partial charge is 0.530 e. The van der Waals surface area contributed by atoms with Crippen LogP contribution in [-0.4, -0.2) is 31.9 Å². The Hall–Kier alpha value is -4.03. The third kappa shape index (κ3) is 30.0. The fourth-order valence-corrected chi connectivity index (χ4v) is 2.61. The van der Waals surface area contributed by atoms with E-state index in [9.17, 15) is 9.90 Å². The molecule has 210 valence electrons. The standard InChI is InChI=1S/C9H11NO2.2C8H11N.C2H6.C2H4.CO2.CH4/c11-9(12)10-7-6-8-4-2-1-3-5-8;2*9-7-6-8-4-2-1-3-5-8;2*1-2;2-1-3;/h1-5,10H,6-7H2,(H,11,12);2*1-5H,6-7,9H2;1-2H3;1-2H2;;1H4. The third-order valence-corrected chi connectivity index (χ3v) is 4.11. The molecule has 0 saturated heterocycles. The summed E-state index contributed by atoms with van der Waals surface area (Å²) in [6, 6.07) is 30.4. The molecule has 0 saturated carbocycles. The molecule has 7 heteroatoms. The van der Waals surface area contributed by atoms with Crippen LogP contribution in [0.3, 0.4) is 0 Å². The molecule has 0 aliphatic heterocycles. The monoisotopic (exact) mass is 525 g/mol. The van der Waals surface area contributed by atoms with Crippen LogP contribution >= 0.6 is 0 Å². The molecule has 0 fully saturated rings. The highest BCUT2D eigenvalue weighted by molar-refractivity contribution is 5.61. The summed E-state index contributed by atoms with van der Waals surface area (Å²) in [4.78, 5) is 26.2. The van der Waals surface area contributed by atoms with Gasteiger partial charge in [-0.3, -0.25) is 0 Å². The SMILES string of the molecule is C.C=C.CC.NCCc1ccccc1.O=C([O-])NCCc1ccccc1.O=C=O.[NH3+]CCc1ccccc1. The first-order chi connectivity index (χ1) is 18.1.